The number of carbonyl (C=O) groups is 2. The van der Waals surface area contributed by atoms with Gasteiger partial charge < -0.3 is 15.9 Å². The average molecular weight is 320 g/mol. The Morgan fingerprint density at radius 1 is 1.40 bits per heavy atom. The van der Waals surface area contributed by atoms with Crippen molar-refractivity contribution in [3.63, 3.8) is 0 Å². The second-order valence-electron chi connectivity index (χ2n) is 4.31. The Kier molecular flexibility index (Phi) is 3.82. The highest BCUT2D eigenvalue weighted by Gasteiger charge is 2.43. The molecular weight excluding hydrogens is 308 g/mol. The van der Waals surface area contributed by atoms with Gasteiger partial charge in [-0.25, -0.2) is 13.2 Å². The predicted octanol–water partition coefficient (Wildman–Crippen LogP) is -0.944. The van der Waals surface area contributed by atoms with E-state index in [-0.39, 0.29) is 22.1 Å². The first-order valence-corrected chi connectivity index (χ1v) is 7.81. The number of aliphatic hydroxyl groups excluding tert-OH is 1. The van der Waals surface area contributed by atoms with Crippen LogP contribution in [0, 0.1) is 0 Å². The quantitative estimate of drug-likeness (QED) is 0.654. The first-order chi connectivity index (χ1) is 9.23. The molecule has 2 rings (SSSR count). The molecule has 1 aliphatic rings. The number of aromatic carboxylic acids is 1. The summed E-state index contributed by atoms with van der Waals surface area (Å²) in [6, 6.07) is 1.21. The number of sulfonamides is 1. The van der Waals surface area contributed by atoms with Crippen LogP contribution in [0.3, 0.4) is 0 Å². The zero-order valence-corrected chi connectivity index (χ0v) is 11.7. The van der Waals surface area contributed by atoms with Gasteiger partial charge in [0.1, 0.15) is 15.1 Å². The van der Waals surface area contributed by atoms with Gasteiger partial charge in [0, 0.05) is 13.0 Å². The minimum atomic E-state index is -4.05. The SMILES string of the molecule is NC(=O)C1CC(O)CN1S(=O)(=O)c1ccc(C(=O)O)s1. The van der Waals surface area contributed by atoms with Gasteiger partial charge in [0.25, 0.3) is 10.0 Å². The molecule has 1 saturated heterocycles. The van der Waals surface area contributed by atoms with Crippen LogP contribution in [-0.4, -0.2) is 53.5 Å². The monoisotopic (exact) mass is 320 g/mol. The van der Waals surface area contributed by atoms with E-state index in [1.165, 1.54) is 6.07 Å². The number of carbonyl (C=O) groups excluding carboxylic acids is 1. The van der Waals surface area contributed by atoms with Crippen LogP contribution in [0.1, 0.15) is 16.1 Å². The lowest BCUT2D eigenvalue weighted by molar-refractivity contribution is -0.121. The van der Waals surface area contributed by atoms with E-state index >= 15 is 0 Å². The van der Waals surface area contributed by atoms with Crippen molar-refractivity contribution in [3.05, 3.63) is 17.0 Å². The largest absolute Gasteiger partial charge is 0.477 e. The van der Waals surface area contributed by atoms with Crippen LogP contribution < -0.4 is 5.73 Å². The van der Waals surface area contributed by atoms with Gasteiger partial charge in [0.05, 0.1) is 6.10 Å². The molecule has 2 heterocycles. The van der Waals surface area contributed by atoms with Gasteiger partial charge >= 0.3 is 5.97 Å². The van der Waals surface area contributed by atoms with E-state index in [1.54, 1.807) is 0 Å². The smallest absolute Gasteiger partial charge is 0.345 e. The molecule has 1 fully saturated rings. The summed E-state index contributed by atoms with van der Waals surface area (Å²) in [6.07, 6.45) is -1.03. The van der Waals surface area contributed by atoms with Crippen molar-refractivity contribution in [1.29, 1.82) is 0 Å². The standard InChI is InChI=1S/C10H12N2O6S2/c11-9(14)6-3-5(13)4-12(6)20(17,18)8-2-1-7(19-8)10(15)16/h1-2,5-6,13H,3-4H2,(H2,11,14)(H,15,16). The maximum atomic E-state index is 12.4. The lowest BCUT2D eigenvalue weighted by Crippen LogP contribution is -2.43. The highest BCUT2D eigenvalue weighted by molar-refractivity contribution is 7.91. The highest BCUT2D eigenvalue weighted by atomic mass is 32.2. The fourth-order valence-corrected chi connectivity index (χ4v) is 4.92. The normalized spacial score (nSPS) is 23.9. The van der Waals surface area contributed by atoms with Crippen molar-refractivity contribution in [2.24, 2.45) is 5.73 Å². The molecule has 4 N–H and O–H groups in total. The Morgan fingerprint density at radius 2 is 2.05 bits per heavy atom. The number of nitrogens with zero attached hydrogens (tertiary/aromatic N) is 1. The van der Waals surface area contributed by atoms with E-state index in [1.807, 2.05) is 0 Å². The number of hydrogen-bond acceptors (Lipinski definition) is 6. The molecule has 0 radical (unpaired) electrons. The number of rotatable bonds is 4. The van der Waals surface area contributed by atoms with Crippen molar-refractivity contribution in [2.75, 3.05) is 6.54 Å². The molecule has 1 amide bonds. The summed E-state index contributed by atoms with van der Waals surface area (Å²) in [7, 11) is -4.05. The third-order valence-electron chi connectivity index (χ3n) is 2.92. The number of aliphatic hydroxyl groups is 1. The number of nitrogens with two attached hydrogens (primary N) is 1. The summed E-state index contributed by atoms with van der Waals surface area (Å²) in [4.78, 5) is 21.9. The van der Waals surface area contributed by atoms with Crippen molar-refractivity contribution in [1.82, 2.24) is 4.31 Å². The summed E-state index contributed by atoms with van der Waals surface area (Å²) in [6.45, 7) is -0.240. The van der Waals surface area contributed by atoms with Crippen molar-refractivity contribution >= 4 is 33.2 Å². The highest BCUT2D eigenvalue weighted by Crippen LogP contribution is 2.30. The second kappa shape index (κ2) is 5.13. The minimum Gasteiger partial charge on any atom is -0.477 e. The fraction of sp³-hybridized carbons (Fsp3) is 0.400. The van der Waals surface area contributed by atoms with Gasteiger partial charge in [-0.3, -0.25) is 4.79 Å². The number of primary amides is 1. The molecule has 1 aliphatic heterocycles. The van der Waals surface area contributed by atoms with Crippen LogP contribution in [-0.2, 0) is 14.8 Å². The Bertz CT molecular complexity index is 652. The summed E-state index contributed by atoms with van der Waals surface area (Å²) in [5, 5.41) is 18.3. The molecule has 1 aromatic heterocycles. The van der Waals surface area contributed by atoms with Crippen LogP contribution in [0.15, 0.2) is 16.3 Å². The molecule has 0 aliphatic carbocycles. The number of hydrogen-bond donors (Lipinski definition) is 3. The van der Waals surface area contributed by atoms with Gasteiger partial charge in [0.15, 0.2) is 0 Å². The van der Waals surface area contributed by atoms with Gasteiger partial charge in [-0.1, -0.05) is 0 Å². The molecule has 0 aromatic carbocycles. The maximum Gasteiger partial charge on any atom is 0.345 e. The molecule has 10 heteroatoms. The summed E-state index contributed by atoms with van der Waals surface area (Å²) in [5.74, 6) is -2.08. The Morgan fingerprint density at radius 3 is 2.55 bits per heavy atom. The van der Waals surface area contributed by atoms with Crippen molar-refractivity contribution < 1.29 is 28.2 Å². The van der Waals surface area contributed by atoms with E-state index in [0.717, 1.165) is 10.4 Å². The lowest BCUT2D eigenvalue weighted by atomic mass is 10.2. The first kappa shape index (κ1) is 14.9. The molecule has 110 valence electrons. The van der Waals surface area contributed by atoms with E-state index < -0.39 is 34.0 Å². The topological polar surface area (TPSA) is 138 Å². The van der Waals surface area contributed by atoms with Gasteiger partial charge in [-0.15, -0.1) is 11.3 Å². The molecule has 8 nitrogen and oxygen atoms in total. The molecule has 0 bridgehead atoms. The predicted molar refractivity (Wildman–Crippen MR) is 68.8 cm³/mol. The van der Waals surface area contributed by atoms with Crippen LogP contribution >= 0.6 is 11.3 Å². The number of amides is 1. The van der Waals surface area contributed by atoms with E-state index in [4.69, 9.17) is 10.8 Å². The molecule has 1 aromatic rings. The molecule has 2 atom stereocenters. The van der Waals surface area contributed by atoms with Crippen LogP contribution in [0.5, 0.6) is 0 Å². The van der Waals surface area contributed by atoms with Crippen molar-refractivity contribution in [3.8, 4) is 0 Å². The maximum absolute atomic E-state index is 12.4. The van der Waals surface area contributed by atoms with Gasteiger partial charge in [-0.05, 0) is 12.1 Å². The molecule has 0 spiro atoms. The molecule has 20 heavy (non-hydrogen) atoms. The minimum absolute atomic E-state index is 0.0638. The van der Waals surface area contributed by atoms with Crippen LogP contribution in [0.25, 0.3) is 0 Å². The van der Waals surface area contributed by atoms with E-state index in [0.29, 0.717) is 11.3 Å². The summed E-state index contributed by atoms with van der Waals surface area (Å²) >= 11 is 0.587. The third kappa shape index (κ3) is 2.54. The van der Waals surface area contributed by atoms with Gasteiger partial charge in [-0.2, -0.15) is 4.31 Å². The Balaban J connectivity index is 2.38. The first-order valence-electron chi connectivity index (χ1n) is 5.56. The fourth-order valence-electron chi connectivity index (χ4n) is 2.00. The Hall–Kier alpha value is -1.49. The van der Waals surface area contributed by atoms with Crippen LogP contribution in [0.4, 0.5) is 0 Å². The van der Waals surface area contributed by atoms with E-state index in [9.17, 15) is 23.1 Å². The zero-order chi connectivity index (χ0) is 15.1. The zero-order valence-electron chi connectivity index (χ0n) is 10.1. The number of thiophene rings is 1. The lowest BCUT2D eigenvalue weighted by Gasteiger charge is -2.20. The van der Waals surface area contributed by atoms with E-state index in [2.05, 4.69) is 0 Å². The second-order valence-corrected chi connectivity index (χ2v) is 7.51. The van der Waals surface area contributed by atoms with Gasteiger partial charge in [0.2, 0.25) is 5.91 Å². The van der Waals surface area contributed by atoms with Crippen LogP contribution in [0.2, 0.25) is 0 Å². The number of carboxylic acids is 1. The Labute approximate surface area is 118 Å². The average Bonchev–Trinajstić information content (AvgIpc) is 2.94. The summed E-state index contributed by atoms with van der Waals surface area (Å²) < 4.78 is 25.3. The molecule has 0 saturated carbocycles. The number of β-amino-alcohol motifs (C(OH)–C–C–N with tert-alkyl or cyclic N) is 1. The summed E-state index contributed by atoms with van der Waals surface area (Å²) in [5.41, 5.74) is 5.13. The molecular formula is C10H12N2O6S2. The third-order valence-corrected chi connectivity index (χ3v) is 6.33. The molecule has 2 unspecified atom stereocenters. The number of carboxylic acid groups (broad SMARTS) is 1. The van der Waals surface area contributed by atoms with Crippen molar-refractivity contribution in [2.45, 2.75) is 22.8 Å².